The quantitative estimate of drug-likeness (QED) is 0.757. The number of halogens is 1. The van der Waals surface area contributed by atoms with Crippen molar-refractivity contribution in [2.24, 2.45) is 5.73 Å². The summed E-state index contributed by atoms with van der Waals surface area (Å²) >= 11 is 3.39. The average molecular weight is 250 g/mol. The van der Waals surface area contributed by atoms with Crippen LogP contribution in [-0.4, -0.2) is 23.6 Å². The van der Waals surface area contributed by atoms with E-state index >= 15 is 0 Å². The Hall–Kier alpha value is -0.550. The fourth-order valence-electron chi connectivity index (χ4n) is 1.04. The summed E-state index contributed by atoms with van der Waals surface area (Å²) in [6, 6.07) is 0. The molecule has 1 aliphatic rings. The third-order valence-electron chi connectivity index (χ3n) is 1.64. The minimum atomic E-state index is -0.552. The maximum atomic E-state index is 10.8. The van der Waals surface area contributed by atoms with E-state index in [0.29, 0.717) is 13.0 Å². The molecule has 0 aliphatic carbocycles. The zero-order chi connectivity index (χ0) is 9.84. The van der Waals surface area contributed by atoms with Crippen LogP contribution in [0.15, 0.2) is 11.8 Å². The molecule has 2 N–H and O–H groups in total. The van der Waals surface area contributed by atoms with Crippen LogP contribution in [0.5, 0.6) is 0 Å². The molecule has 74 valence electrons. The van der Waals surface area contributed by atoms with Crippen molar-refractivity contribution in [1.82, 2.24) is 0 Å². The topological polar surface area (TPSA) is 61.6 Å². The van der Waals surface area contributed by atoms with Crippen LogP contribution < -0.4 is 5.73 Å². The summed E-state index contributed by atoms with van der Waals surface area (Å²) in [6.07, 6.45) is 1.93. The lowest BCUT2D eigenvalue weighted by atomic mass is 10.2. The highest BCUT2D eigenvalue weighted by Gasteiger charge is 2.27. The fraction of sp³-hybridized carbons (Fsp3) is 0.625. The van der Waals surface area contributed by atoms with E-state index in [-0.39, 0.29) is 10.6 Å². The molecule has 0 bridgehead atoms. The van der Waals surface area contributed by atoms with Gasteiger partial charge in [-0.25, -0.2) is 0 Å². The molecule has 0 fully saturated rings. The zero-order valence-corrected chi connectivity index (χ0v) is 8.91. The molecular weight excluding hydrogens is 238 g/mol. The number of hydrogen-bond acceptors (Lipinski definition) is 3. The summed E-state index contributed by atoms with van der Waals surface area (Å²) in [7, 11) is 0. The summed E-state index contributed by atoms with van der Waals surface area (Å²) in [5.74, 6) is -0.363. The lowest BCUT2D eigenvalue weighted by molar-refractivity contribution is -0.138. The number of alkyl halides is 1. The van der Waals surface area contributed by atoms with Crippen molar-refractivity contribution >= 4 is 21.8 Å². The van der Waals surface area contributed by atoms with Crippen LogP contribution >= 0.6 is 15.9 Å². The first-order valence-electron chi connectivity index (χ1n) is 4.07. The molecule has 1 amide bonds. The van der Waals surface area contributed by atoms with E-state index in [1.54, 1.807) is 6.08 Å². The van der Waals surface area contributed by atoms with E-state index in [2.05, 4.69) is 15.9 Å². The van der Waals surface area contributed by atoms with Crippen LogP contribution in [0.3, 0.4) is 0 Å². The smallest absolute Gasteiger partial charge is 0.283 e. The zero-order valence-electron chi connectivity index (χ0n) is 7.33. The van der Waals surface area contributed by atoms with E-state index in [9.17, 15) is 4.79 Å². The van der Waals surface area contributed by atoms with Gasteiger partial charge in [0.2, 0.25) is 6.29 Å². The Bertz CT molecular complexity index is 229. The molecule has 1 heterocycles. The first-order valence-corrected chi connectivity index (χ1v) is 4.99. The Morgan fingerprint density at radius 1 is 1.92 bits per heavy atom. The number of ether oxygens (including phenoxy) is 2. The number of carbonyl (C=O) groups excluding carboxylic acids is 1. The van der Waals surface area contributed by atoms with Gasteiger partial charge in [-0.2, -0.15) is 0 Å². The molecule has 2 atom stereocenters. The molecule has 0 aromatic heterocycles. The van der Waals surface area contributed by atoms with Crippen molar-refractivity contribution in [3.63, 3.8) is 0 Å². The number of amides is 1. The summed E-state index contributed by atoms with van der Waals surface area (Å²) in [6.45, 7) is 2.41. The number of rotatable bonds is 3. The molecule has 13 heavy (non-hydrogen) atoms. The summed E-state index contributed by atoms with van der Waals surface area (Å²) in [5.41, 5.74) is 5.07. The van der Waals surface area contributed by atoms with Gasteiger partial charge in [-0.3, -0.25) is 4.79 Å². The number of primary amides is 1. The standard InChI is InChI=1S/C8H12BrNO3/c1-2-12-8-5(9)3-4-6(13-8)7(10)11/h4-5,8H,2-3H2,1H3,(H2,10,11). The van der Waals surface area contributed by atoms with Crippen LogP contribution in [-0.2, 0) is 14.3 Å². The predicted octanol–water partition coefficient (Wildman–Crippen LogP) is 0.902. The summed E-state index contributed by atoms with van der Waals surface area (Å²) in [4.78, 5) is 10.8. The van der Waals surface area contributed by atoms with Crippen LogP contribution in [0.25, 0.3) is 0 Å². The van der Waals surface area contributed by atoms with Crippen LogP contribution in [0.2, 0.25) is 0 Å². The van der Waals surface area contributed by atoms with Crippen LogP contribution in [0, 0.1) is 0 Å². The second-order valence-electron chi connectivity index (χ2n) is 2.63. The molecule has 1 aliphatic heterocycles. The Kier molecular flexibility index (Phi) is 3.74. The van der Waals surface area contributed by atoms with E-state index in [1.165, 1.54) is 0 Å². The van der Waals surface area contributed by atoms with Gasteiger partial charge in [0, 0.05) is 6.61 Å². The van der Waals surface area contributed by atoms with Gasteiger partial charge in [-0.15, -0.1) is 0 Å². The Labute approximate surface area is 85.2 Å². The van der Waals surface area contributed by atoms with Gasteiger partial charge in [0.1, 0.15) is 0 Å². The Morgan fingerprint density at radius 3 is 3.15 bits per heavy atom. The van der Waals surface area contributed by atoms with Crippen LogP contribution in [0.4, 0.5) is 0 Å². The lowest BCUT2D eigenvalue weighted by Crippen LogP contribution is -2.33. The van der Waals surface area contributed by atoms with Crippen molar-refractivity contribution in [3.8, 4) is 0 Å². The second-order valence-corrected chi connectivity index (χ2v) is 3.80. The molecule has 1 rings (SSSR count). The largest absolute Gasteiger partial charge is 0.458 e. The average Bonchev–Trinajstić information content (AvgIpc) is 2.08. The third-order valence-corrected chi connectivity index (χ3v) is 2.45. The van der Waals surface area contributed by atoms with Crippen molar-refractivity contribution in [2.75, 3.05) is 6.61 Å². The molecule has 0 aromatic rings. The first kappa shape index (κ1) is 10.5. The highest BCUT2D eigenvalue weighted by Crippen LogP contribution is 2.23. The second kappa shape index (κ2) is 4.62. The molecule has 2 unspecified atom stereocenters. The maximum Gasteiger partial charge on any atom is 0.283 e. The molecule has 0 saturated carbocycles. The normalized spacial score (nSPS) is 27.7. The lowest BCUT2D eigenvalue weighted by Gasteiger charge is -2.26. The van der Waals surface area contributed by atoms with E-state index < -0.39 is 12.2 Å². The molecule has 0 radical (unpaired) electrons. The Balaban J connectivity index is 2.60. The predicted molar refractivity (Wildman–Crippen MR) is 51.1 cm³/mol. The van der Waals surface area contributed by atoms with Crippen molar-refractivity contribution in [3.05, 3.63) is 11.8 Å². The highest BCUT2D eigenvalue weighted by molar-refractivity contribution is 9.09. The van der Waals surface area contributed by atoms with E-state index in [4.69, 9.17) is 15.2 Å². The van der Waals surface area contributed by atoms with Crippen molar-refractivity contribution in [2.45, 2.75) is 24.5 Å². The van der Waals surface area contributed by atoms with Gasteiger partial charge < -0.3 is 15.2 Å². The van der Waals surface area contributed by atoms with Gasteiger partial charge in [-0.05, 0) is 19.4 Å². The molecular formula is C8H12BrNO3. The first-order chi connectivity index (χ1) is 6.15. The van der Waals surface area contributed by atoms with Gasteiger partial charge in [0.05, 0.1) is 4.83 Å². The van der Waals surface area contributed by atoms with E-state index in [1.807, 2.05) is 6.92 Å². The molecule has 5 heteroatoms. The van der Waals surface area contributed by atoms with Crippen LogP contribution in [0.1, 0.15) is 13.3 Å². The summed E-state index contributed by atoms with van der Waals surface area (Å²) in [5, 5.41) is 0. The van der Waals surface area contributed by atoms with Gasteiger partial charge in [0.15, 0.2) is 5.76 Å². The molecule has 4 nitrogen and oxygen atoms in total. The highest BCUT2D eigenvalue weighted by atomic mass is 79.9. The Morgan fingerprint density at radius 2 is 2.62 bits per heavy atom. The fourth-order valence-corrected chi connectivity index (χ4v) is 1.49. The minimum Gasteiger partial charge on any atom is -0.458 e. The summed E-state index contributed by atoms with van der Waals surface area (Å²) < 4.78 is 10.5. The van der Waals surface area contributed by atoms with Gasteiger partial charge in [-0.1, -0.05) is 15.9 Å². The maximum absolute atomic E-state index is 10.8. The SMILES string of the molecule is CCOC1OC(C(N)=O)=CCC1Br. The monoisotopic (exact) mass is 249 g/mol. The van der Waals surface area contributed by atoms with Gasteiger partial charge >= 0.3 is 0 Å². The van der Waals surface area contributed by atoms with Gasteiger partial charge in [0.25, 0.3) is 5.91 Å². The van der Waals surface area contributed by atoms with Crippen molar-refractivity contribution in [1.29, 1.82) is 0 Å². The number of allylic oxidation sites excluding steroid dienone is 1. The number of carbonyl (C=O) groups is 1. The molecule has 0 spiro atoms. The van der Waals surface area contributed by atoms with Crippen molar-refractivity contribution < 1.29 is 14.3 Å². The molecule has 0 saturated heterocycles. The number of nitrogens with two attached hydrogens (primary N) is 1. The minimum absolute atomic E-state index is 0.0792. The molecule has 0 aromatic carbocycles. The third kappa shape index (κ3) is 2.70. The number of hydrogen-bond donors (Lipinski definition) is 1. The van der Waals surface area contributed by atoms with E-state index in [0.717, 1.165) is 0 Å².